The van der Waals surface area contributed by atoms with Crippen LogP contribution in [0.2, 0.25) is 0 Å². The van der Waals surface area contributed by atoms with Gasteiger partial charge in [0.2, 0.25) is 5.91 Å². The SMILES string of the molecule is Cl.NCCC(=O)N(CC1CC1)C1CCCCC1. The Hall–Kier alpha value is -0.280. The molecule has 0 radical (unpaired) electrons. The minimum atomic E-state index is 0. The predicted octanol–water partition coefficient (Wildman–Crippen LogP) is 2.33. The van der Waals surface area contributed by atoms with Crippen LogP contribution in [-0.2, 0) is 4.79 Å². The largest absolute Gasteiger partial charge is 0.339 e. The van der Waals surface area contributed by atoms with Gasteiger partial charge in [-0.2, -0.15) is 0 Å². The zero-order chi connectivity index (χ0) is 11.4. The van der Waals surface area contributed by atoms with E-state index in [9.17, 15) is 4.79 Å². The second-order valence-electron chi connectivity index (χ2n) is 5.32. The monoisotopic (exact) mass is 260 g/mol. The Morgan fingerprint density at radius 1 is 1.12 bits per heavy atom. The molecule has 0 saturated heterocycles. The van der Waals surface area contributed by atoms with Gasteiger partial charge in [0.25, 0.3) is 0 Å². The molecule has 0 spiro atoms. The maximum absolute atomic E-state index is 12.1. The number of nitrogens with zero attached hydrogens (tertiary/aromatic N) is 1. The van der Waals surface area contributed by atoms with Crippen molar-refractivity contribution in [2.45, 2.75) is 57.4 Å². The number of hydrogen-bond donors (Lipinski definition) is 1. The Balaban J connectivity index is 0.00000144. The van der Waals surface area contributed by atoms with Gasteiger partial charge in [0.1, 0.15) is 0 Å². The molecular formula is C13H25ClN2O. The van der Waals surface area contributed by atoms with Gasteiger partial charge in [-0.15, -0.1) is 12.4 Å². The first-order valence-corrected chi connectivity index (χ1v) is 6.81. The van der Waals surface area contributed by atoms with E-state index in [-0.39, 0.29) is 12.4 Å². The molecule has 2 N–H and O–H groups in total. The number of amides is 1. The van der Waals surface area contributed by atoms with E-state index in [0.29, 0.717) is 24.9 Å². The van der Waals surface area contributed by atoms with Crippen LogP contribution < -0.4 is 5.73 Å². The Morgan fingerprint density at radius 3 is 2.29 bits per heavy atom. The quantitative estimate of drug-likeness (QED) is 0.825. The molecule has 2 fully saturated rings. The molecule has 0 aromatic heterocycles. The minimum absolute atomic E-state index is 0. The number of rotatable bonds is 5. The van der Waals surface area contributed by atoms with Crippen LogP contribution in [0.1, 0.15) is 51.4 Å². The van der Waals surface area contributed by atoms with Gasteiger partial charge in [0.15, 0.2) is 0 Å². The van der Waals surface area contributed by atoms with E-state index in [1.54, 1.807) is 0 Å². The predicted molar refractivity (Wildman–Crippen MR) is 72.2 cm³/mol. The molecule has 2 aliphatic carbocycles. The first-order valence-electron chi connectivity index (χ1n) is 6.81. The summed E-state index contributed by atoms with van der Waals surface area (Å²) in [5, 5.41) is 0. The summed E-state index contributed by atoms with van der Waals surface area (Å²) in [6.07, 6.45) is 9.52. The van der Waals surface area contributed by atoms with E-state index in [2.05, 4.69) is 4.90 Å². The van der Waals surface area contributed by atoms with Gasteiger partial charge < -0.3 is 10.6 Å². The third-order valence-corrected chi connectivity index (χ3v) is 3.85. The second-order valence-corrected chi connectivity index (χ2v) is 5.32. The van der Waals surface area contributed by atoms with E-state index < -0.39 is 0 Å². The first kappa shape index (κ1) is 14.8. The molecule has 0 aliphatic heterocycles. The molecule has 0 heterocycles. The molecule has 17 heavy (non-hydrogen) atoms. The van der Waals surface area contributed by atoms with Gasteiger partial charge >= 0.3 is 0 Å². The number of halogens is 1. The Labute approximate surface area is 111 Å². The van der Waals surface area contributed by atoms with Crippen molar-refractivity contribution in [3.8, 4) is 0 Å². The van der Waals surface area contributed by atoms with E-state index in [4.69, 9.17) is 5.73 Å². The first-order chi connectivity index (χ1) is 7.81. The number of hydrogen-bond acceptors (Lipinski definition) is 2. The lowest BCUT2D eigenvalue weighted by Crippen LogP contribution is -2.43. The summed E-state index contributed by atoms with van der Waals surface area (Å²) in [6.45, 7) is 1.50. The highest BCUT2D eigenvalue weighted by atomic mass is 35.5. The van der Waals surface area contributed by atoms with Crippen molar-refractivity contribution in [3.05, 3.63) is 0 Å². The smallest absolute Gasteiger partial charge is 0.224 e. The van der Waals surface area contributed by atoms with Crippen molar-refractivity contribution < 1.29 is 4.79 Å². The van der Waals surface area contributed by atoms with Crippen molar-refractivity contribution >= 4 is 18.3 Å². The van der Waals surface area contributed by atoms with Crippen molar-refractivity contribution in [2.75, 3.05) is 13.1 Å². The highest BCUT2D eigenvalue weighted by molar-refractivity contribution is 5.85. The van der Waals surface area contributed by atoms with E-state index in [1.165, 1.54) is 44.9 Å². The van der Waals surface area contributed by atoms with Crippen LogP contribution in [0.15, 0.2) is 0 Å². The molecule has 0 aromatic rings. The molecule has 3 nitrogen and oxygen atoms in total. The zero-order valence-corrected chi connectivity index (χ0v) is 11.4. The Kier molecular flexibility index (Phi) is 6.28. The number of nitrogens with two attached hydrogens (primary N) is 1. The summed E-state index contributed by atoms with van der Waals surface area (Å²) < 4.78 is 0. The lowest BCUT2D eigenvalue weighted by molar-refractivity contribution is -0.134. The summed E-state index contributed by atoms with van der Waals surface area (Å²) in [5.41, 5.74) is 5.50. The van der Waals surface area contributed by atoms with Gasteiger partial charge in [-0.1, -0.05) is 19.3 Å². The molecule has 100 valence electrons. The van der Waals surface area contributed by atoms with E-state index in [1.807, 2.05) is 0 Å². The van der Waals surface area contributed by atoms with Crippen LogP contribution in [-0.4, -0.2) is 29.9 Å². The molecule has 2 rings (SSSR count). The fraction of sp³-hybridized carbons (Fsp3) is 0.923. The van der Waals surface area contributed by atoms with Gasteiger partial charge in [-0.05, 0) is 31.6 Å². The van der Waals surface area contributed by atoms with E-state index in [0.717, 1.165) is 12.5 Å². The fourth-order valence-electron chi connectivity index (χ4n) is 2.69. The summed E-state index contributed by atoms with van der Waals surface area (Å²) in [6, 6.07) is 0.522. The average Bonchev–Trinajstić information content (AvgIpc) is 3.11. The fourth-order valence-corrected chi connectivity index (χ4v) is 2.69. The van der Waals surface area contributed by atoms with Crippen LogP contribution in [0.5, 0.6) is 0 Å². The zero-order valence-electron chi connectivity index (χ0n) is 10.6. The summed E-state index contributed by atoms with van der Waals surface area (Å²) in [7, 11) is 0. The highest BCUT2D eigenvalue weighted by Crippen LogP contribution is 2.32. The summed E-state index contributed by atoms with van der Waals surface area (Å²) in [4.78, 5) is 14.2. The normalized spacial score (nSPS) is 20.8. The third kappa shape index (κ3) is 4.47. The third-order valence-electron chi connectivity index (χ3n) is 3.85. The van der Waals surface area contributed by atoms with Crippen LogP contribution in [0, 0.1) is 5.92 Å². The lowest BCUT2D eigenvalue weighted by Gasteiger charge is -2.34. The maximum atomic E-state index is 12.1. The molecular weight excluding hydrogens is 236 g/mol. The second kappa shape index (κ2) is 7.22. The summed E-state index contributed by atoms with van der Waals surface area (Å²) in [5.74, 6) is 1.09. The molecule has 0 aromatic carbocycles. The average molecular weight is 261 g/mol. The van der Waals surface area contributed by atoms with Gasteiger partial charge in [0, 0.05) is 25.6 Å². The standard InChI is InChI=1S/C13H24N2O.ClH/c14-9-8-13(16)15(10-11-6-7-11)12-4-2-1-3-5-12;/h11-12H,1-10,14H2;1H. The van der Waals surface area contributed by atoms with Crippen molar-refractivity contribution in [1.29, 1.82) is 0 Å². The molecule has 2 saturated carbocycles. The molecule has 0 atom stereocenters. The number of carbonyl (C=O) groups excluding carboxylic acids is 1. The molecule has 0 unspecified atom stereocenters. The molecule has 4 heteroatoms. The maximum Gasteiger partial charge on any atom is 0.224 e. The summed E-state index contributed by atoms with van der Waals surface area (Å²) >= 11 is 0. The van der Waals surface area contributed by atoms with Gasteiger partial charge in [0.05, 0.1) is 0 Å². The van der Waals surface area contributed by atoms with Crippen molar-refractivity contribution in [1.82, 2.24) is 4.90 Å². The highest BCUT2D eigenvalue weighted by Gasteiger charge is 2.31. The van der Waals surface area contributed by atoms with E-state index >= 15 is 0 Å². The topological polar surface area (TPSA) is 46.3 Å². The van der Waals surface area contributed by atoms with Gasteiger partial charge in [-0.25, -0.2) is 0 Å². The van der Waals surface area contributed by atoms with Crippen molar-refractivity contribution in [2.24, 2.45) is 11.7 Å². The Bertz CT molecular complexity index is 238. The number of carbonyl (C=O) groups is 1. The lowest BCUT2D eigenvalue weighted by atomic mass is 9.93. The molecule has 1 amide bonds. The van der Waals surface area contributed by atoms with Gasteiger partial charge in [-0.3, -0.25) is 4.79 Å². The molecule has 2 aliphatic rings. The van der Waals surface area contributed by atoms with Crippen LogP contribution >= 0.6 is 12.4 Å². The van der Waals surface area contributed by atoms with Crippen LogP contribution in [0.25, 0.3) is 0 Å². The minimum Gasteiger partial charge on any atom is -0.339 e. The van der Waals surface area contributed by atoms with Crippen LogP contribution in [0.4, 0.5) is 0 Å². The Morgan fingerprint density at radius 2 is 1.76 bits per heavy atom. The van der Waals surface area contributed by atoms with Crippen molar-refractivity contribution in [3.63, 3.8) is 0 Å². The van der Waals surface area contributed by atoms with Crippen LogP contribution in [0.3, 0.4) is 0 Å². The molecule has 0 bridgehead atoms.